The van der Waals surface area contributed by atoms with E-state index in [-0.39, 0.29) is 5.91 Å². The number of carbonyl (C=O) groups is 1. The number of nitrogens with zero attached hydrogens (tertiary/aromatic N) is 2. The molecule has 16 heavy (non-hydrogen) atoms. The van der Waals surface area contributed by atoms with Crippen LogP contribution in [0.3, 0.4) is 0 Å². The topological polar surface area (TPSA) is 70.7 Å². The number of amides is 1. The predicted octanol–water partition coefficient (Wildman–Crippen LogP) is 1.50. The van der Waals surface area contributed by atoms with Crippen LogP contribution in [0.1, 0.15) is 16.2 Å². The van der Waals surface area contributed by atoms with Gasteiger partial charge in [0, 0.05) is 6.20 Å². The lowest BCUT2D eigenvalue weighted by Gasteiger charge is -2.02. The maximum Gasteiger partial charge on any atom is 0.270 e. The summed E-state index contributed by atoms with van der Waals surface area (Å²) in [6.45, 7) is 0.410. The number of nitrogens with one attached hydrogen (secondary N) is 2. The van der Waals surface area contributed by atoms with E-state index in [0.717, 1.165) is 5.69 Å². The van der Waals surface area contributed by atoms with E-state index in [9.17, 15) is 4.79 Å². The summed E-state index contributed by atoms with van der Waals surface area (Å²) in [6.07, 6.45) is 1.64. The van der Waals surface area contributed by atoms with Gasteiger partial charge >= 0.3 is 0 Å². The lowest BCUT2D eigenvalue weighted by Crippen LogP contribution is -2.23. The molecule has 0 fully saturated rings. The Morgan fingerprint density at radius 3 is 3.00 bits per heavy atom. The molecule has 2 rings (SSSR count). The van der Waals surface area contributed by atoms with Crippen LogP contribution in [-0.4, -0.2) is 21.1 Å². The second-order valence-electron chi connectivity index (χ2n) is 3.11. The fourth-order valence-electron chi connectivity index (χ4n) is 1.18. The van der Waals surface area contributed by atoms with Crippen molar-refractivity contribution in [2.45, 2.75) is 6.54 Å². The van der Waals surface area contributed by atoms with Crippen molar-refractivity contribution in [2.24, 2.45) is 0 Å². The van der Waals surface area contributed by atoms with E-state index < -0.39 is 0 Å². The number of pyridine rings is 1. The van der Waals surface area contributed by atoms with Gasteiger partial charge in [-0.2, -0.15) is 5.10 Å². The molecule has 6 heteroatoms. The summed E-state index contributed by atoms with van der Waals surface area (Å²) >= 11 is 3.21. The molecule has 0 unspecified atom stereocenters. The Morgan fingerprint density at radius 2 is 2.31 bits per heavy atom. The summed E-state index contributed by atoms with van der Waals surface area (Å²) in [6, 6.07) is 7.00. The number of halogens is 1. The van der Waals surface area contributed by atoms with Gasteiger partial charge in [0.1, 0.15) is 10.3 Å². The number of hydrogen-bond acceptors (Lipinski definition) is 3. The van der Waals surface area contributed by atoms with Crippen LogP contribution >= 0.6 is 15.9 Å². The Balaban J connectivity index is 1.98. The van der Waals surface area contributed by atoms with Gasteiger partial charge in [-0.3, -0.25) is 9.89 Å². The molecular formula is C10H9BrN4O. The molecule has 2 aromatic rings. The van der Waals surface area contributed by atoms with Crippen molar-refractivity contribution >= 4 is 21.8 Å². The number of aromatic nitrogens is 3. The highest BCUT2D eigenvalue weighted by atomic mass is 79.9. The molecule has 0 spiro atoms. The Kier molecular flexibility index (Phi) is 3.31. The van der Waals surface area contributed by atoms with Gasteiger partial charge in [-0.15, -0.1) is 0 Å². The quantitative estimate of drug-likeness (QED) is 0.837. The number of aromatic amines is 1. The number of rotatable bonds is 3. The SMILES string of the molecule is O=C(NCc1ccn[nH]1)c1cccc(Br)n1. The van der Waals surface area contributed by atoms with Crippen LogP contribution < -0.4 is 5.32 Å². The molecule has 0 aliphatic carbocycles. The molecule has 0 radical (unpaired) electrons. The molecule has 5 nitrogen and oxygen atoms in total. The van der Waals surface area contributed by atoms with Crippen LogP contribution in [0.25, 0.3) is 0 Å². The van der Waals surface area contributed by atoms with Gasteiger partial charge in [-0.25, -0.2) is 4.98 Å². The van der Waals surface area contributed by atoms with Crippen LogP contribution in [0, 0.1) is 0 Å². The number of hydrogen-bond donors (Lipinski definition) is 2. The van der Waals surface area contributed by atoms with E-state index in [1.165, 1.54) is 0 Å². The van der Waals surface area contributed by atoms with E-state index in [0.29, 0.717) is 16.8 Å². The van der Waals surface area contributed by atoms with Crippen molar-refractivity contribution in [1.29, 1.82) is 0 Å². The third kappa shape index (κ3) is 2.66. The lowest BCUT2D eigenvalue weighted by atomic mass is 10.3. The Labute approximate surface area is 100 Å². The van der Waals surface area contributed by atoms with Gasteiger partial charge in [0.05, 0.1) is 12.2 Å². The van der Waals surface area contributed by atoms with Crippen LogP contribution in [0.5, 0.6) is 0 Å². The molecule has 0 bridgehead atoms. The molecular weight excluding hydrogens is 272 g/mol. The summed E-state index contributed by atoms with van der Waals surface area (Å²) in [4.78, 5) is 15.7. The summed E-state index contributed by atoms with van der Waals surface area (Å²) < 4.78 is 0.640. The second kappa shape index (κ2) is 4.89. The third-order valence-corrected chi connectivity index (χ3v) is 2.39. The standard InChI is InChI=1S/C10H9BrN4O/c11-9-3-1-2-8(14-9)10(16)12-6-7-4-5-13-15-7/h1-5H,6H2,(H,12,16)(H,13,15). The van der Waals surface area contributed by atoms with Gasteiger partial charge in [-0.1, -0.05) is 6.07 Å². The average Bonchev–Trinajstić information content (AvgIpc) is 2.78. The smallest absolute Gasteiger partial charge is 0.270 e. The highest BCUT2D eigenvalue weighted by molar-refractivity contribution is 9.10. The molecule has 1 amide bonds. The maximum absolute atomic E-state index is 11.7. The van der Waals surface area contributed by atoms with Crippen molar-refractivity contribution in [3.63, 3.8) is 0 Å². The third-order valence-electron chi connectivity index (χ3n) is 1.95. The molecule has 0 aromatic carbocycles. The highest BCUT2D eigenvalue weighted by Gasteiger charge is 2.06. The van der Waals surface area contributed by atoms with Crippen LogP contribution in [0.4, 0.5) is 0 Å². The highest BCUT2D eigenvalue weighted by Crippen LogP contribution is 2.06. The van der Waals surface area contributed by atoms with Gasteiger partial charge in [-0.05, 0) is 34.1 Å². The summed E-state index contributed by atoms with van der Waals surface area (Å²) in [5, 5.41) is 9.28. The Bertz CT molecular complexity index is 483. The van der Waals surface area contributed by atoms with E-state index in [1.54, 1.807) is 30.5 Å². The van der Waals surface area contributed by atoms with Gasteiger partial charge in [0.15, 0.2) is 0 Å². The molecule has 0 aliphatic rings. The fourth-order valence-corrected chi connectivity index (χ4v) is 1.53. The van der Waals surface area contributed by atoms with E-state index >= 15 is 0 Å². The van der Waals surface area contributed by atoms with E-state index in [2.05, 4.69) is 36.4 Å². The average molecular weight is 281 g/mol. The minimum atomic E-state index is -0.212. The van der Waals surface area contributed by atoms with Crippen molar-refractivity contribution in [3.8, 4) is 0 Å². The van der Waals surface area contributed by atoms with E-state index in [1.807, 2.05) is 0 Å². The molecule has 0 atom stereocenters. The fraction of sp³-hybridized carbons (Fsp3) is 0.100. The van der Waals surface area contributed by atoms with Gasteiger partial charge < -0.3 is 5.32 Å². The molecule has 0 saturated carbocycles. The van der Waals surface area contributed by atoms with Crippen molar-refractivity contribution in [3.05, 3.63) is 46.5 Å². The van der Waals surface area contributed by atoms with Crippen molar-refractivity contribution < 1.29 is 4.79 Å². The minimum Gasteiger partial charge on any atom is -0.345 e. The van der Waals surface area contributed by atoms with Crippen molar-refractivity contribution in [1.82, 2.24) is 20.5 Å². The van der Waals surface area contributed by atoms with Crippen LogP contribution in [0.2, 0.25) is 0 Å². The first-order valence-electron chi connectivity index (χ1n) is 4.65. The monoisotopic (exact) mass is 280 g/mol. The lowest BCUT2D eigenvalue weighted by molar-refractivity contribution is 0.0945. The molecule has 0 saturated heterocycles. The first-order valence-corrected chi connectivity index (χ1v) is 5.44. The number of carbonyl (C=O) groups excluding carboxylic acids is 1. The largest absolute Gasteiger partial charge is 0.345 e. The number of H-pyrrole nitrogens is 1. The van der Waals surface area contributed by atoms with Gasteiger partial charge in [0.2, 0.25) is 0 Å². The molecule has 2 aromatic heterocycles. The Hall–Kier alpha value is -1.69. The first-order chi connectivity index (χ1) is 7.75. The van der Waals surface area contributed by atoms with Crippen LogP contribution in [0.15, 0.2) is 35.1 Å². The zero-order valence-electron chi connectivity index (χ0n) is 8.27. The summed E-state index contributed by atoms with van der Waals surface area (Å²) in [5.74, 6) is -0.212. The zero-order valence-corrected chi connectivity index (χ0v) is 9.86. The zero-order chi connectivity index (χ0) is 11.4. The van der Waals surface area contributed by atoms with E-state index in [4.69, 9.17) is 0 Å². The van der Waals surface area contributed by atoms with Gasteiger partial charge in [0.25, 0.3) is 5.91 Å². The second-order valence-corrected chi connectivity index (χ2v) is 3.92. The minimum absolute atomic E-state index is 0.212. The summed E-state index contributed by atoms with van der Waals surface area (Å²) in [5.41, 5.74) is 1.23. The van der Waals surface area contributed by atoms with Crippen LogP contribution in [-0.2, 0) is 6.54 Å². The molecule has 2 heterocycles. The predicted molar refractivity (Wildman–Crippen MR) is 61.7 cm³/mol. The Morgan fingerprint density at radius 1 is 1.44 bits per heavy atom. The molecule has 0 aliphatic heterocycles. The summed E-state index contributed by atoms with van der Waals surface area (Å²) in [7, 11) is 0. The molecule has 82 valence electrons. The van der Waals surface area contributed by atoms with Crippen molar-refractivity contribution in [2.75, 3.05) is 0 Å². The first kappa shape index (κ1) is 10.8. The maximum atomic E-state index is 11.7. The molecule has 2 N–H and O–H groups in total. The normalized spacial score (nSPS) is 10.1.